The summed E-state index contributed by atoms with van der Waals surface area (Å²) < 4.78 is 5.49. The van der Waals surface area contributed by atoms with Crippen LogP contribution >= 0.6 is 0 Å². The molecule has 1 aliphatic rings. The largest absolute Gasteiger partial charge is 0.479 e. The molecule has 1 aromatic carbocycles. The lowest BCUT2D eigenvalue weighted by atomic mass is 9.97. The Labute approximate surface area is 130 Å². The van der Waals surface area contributed by atoms with Crippen molar-refractivity contribution in [1.82, 2.24) is 10.6 Å². The smallest absolute Gasteiger partial charge is 0.315 e. The standard InChI is InChI=1S/C16H23N3O3/c1-10-14(20)19-12-7-11(5-6-13(12)22-10)8-17-15(21)18-9-16(2,3)4/h5-7,10H,8-9H2,1-4H3,(H,19,20)(H2,17,18,21). The number of hydrogen-bond donors (Lipinski definition) is 3. The first-order chi connectivity index (χ1) is 10.2. The summed E-state index contributed by atoms with van der Waals surface area (Å²) in [4.78, 5) is 23.3. The summed E-state index contributed by atoms with van der Waals surface area (Å²) in [5.74, 6) is 0.480. The molecule has 3 amide bonds. The van der Waals surface area contributed by atoms with Crippen molar-refractivity contribution in [1.29, 1.82) is 0 Å². The number of anilines is 1. The minimum atomic E-state index is -0.486. The third-order valence-electron chi connectivity index (χ3n) is 3.21. The number of rotatable bonds is 3. The molecule has 1 atom stereocenters. The van der Waals surface area contributed by atoms with Gasteiger partial charge >= 0.3 is 6.03 Å². The van der Waals surface area contributed by atoms with Gasteiger partial charge in [-0.25, -0.2) is 4.79 Å². The van der Waals surface area contributed by atoms with Crippen molar-refractivity contribution in [2.75, 3.05) is 11.9 Å². The lowest BCUT2D eigenvalue weighted by Gasteiger charge is -2.23. The van der Waals surface area contributed by atoms with Crippen LogP contribution in [0.15, 0.2) is 18.2 Å². The van der Waals surface area contributed by atoms with Gasteiger partial charge in [-0.15, -0.1) is 0 Å². The summed E-state index contributed by atoms with van der Waals surface area (Å²) >= 11 is 0. The molecule has 1 aromatic rings. The topological polar surface area (TPSA) is 79.5 Å². The molecule has 1 unspecified atom stereocenters. The van der Waals surface area contributed by atoms with Gasteiger partial charge in [0, 0.05) is 13.1 Å². The molecule has 0 saturated heterocycles. The molecular weight excluding hydrogens is 282 g/mol. The van der Waals surface area contributed by atoms with E-state index in [1.54, 1.807) is 13.0 Å². The normalized spacial score (nSPS) is 17.1. The summed E-state index contributed by atoms with van der Waals surface area (Å²) in [5, 5.41) is 8.41. The molecule has 0 spiro atoms. The quantitative estimate of drug-likeness (QED) is 0.801. The van der Waals surface area contributed by atoms with Crippen LogP contribution in [0, 0.1) is 5.41 Å². The first kappa shape index (κ1) is 16.1. The molecule has 1 aliphatic heterocycles. The second-order valence-corrected chi connectivity index (χ2v) is 6.68. The maximum Gasteiger partial charge on any atom is 0.315 e. The van der Waals surface area contributed by atoms with E-state index >= 15 is 0 Å². The molecule has 0 aromatic heterocycles. The van der Waals surface area contributed by atoms with Crippen molar-refractivity contribution in [2.24, 2.45) is 5.41 Å². The van der Waals surface area contributed by atoms with Crippen LogP contribution in [0.25, 0.3) is 0 Å². The molecule has 0 radical (unpaired) electrons. The van der Waals surface area contributed by atoms with Crippen molar-refractivity contribution in [3.8, 4) is 5.75 Å². The van der Waals surface area contributed by atoms with Gasteiger partial charge < -0.3 is 20.7 Å². The van der Waals surface area contributed by atoms with Crippen LogP contribution in [0.2, 0.25) is 0 Å². The lowest BCUT2D eigenvalue weighted by Crippen LogP contribution is -2.39. The Bertz CT molecular complexity index is 578. The zero-order valence-electron chi connectivity index (χ0n) is 13.4. The molecule has 120 valence electrons. The summed E-state index contributed by atoms with van der Waals surface area (Å²) in [6.07, 6.45) is -0.486. The predicted molar refractivity (Wildman–Crippen MR) is 84.9 cm³/mol. The summed E-state index contributed by atoms with van der Waals surface area (Å²) in [6.45, 7) is 8.86. The van der Waals surface area contributed by atoms with E-state index in [0.29, 0.717) is 24.5 Å². The van der Waals surface area contributed by atoms with Crippen LogP contribution in [0.4, 0.5) is 10.5 Å². The Morgan fingerprint density at radius 3 is 2.73 bits per heavy atom. The highest BCUT2D eigenvalue weighted by molar-refractivity contribution is 5.97. The van der Waals surface area contributed by atoms with Gasteiger partial charge in [0.05, 0.1) is 5.69 Å². The molecule has 6 nitrogen and oxygen atoms in total. The van der Waals surface area contributed by atoms with Crippen LogP contribution in [-0.4, -0.2) is 24.6 Å². The Kier molecular flexibility index (Phi) is 4.59. The number of amides is 3. The van der Waals surface area contributed by atoms with Crippen LogP contribution in [0.1, 0.15) is 33.3 Å². The van der Waals surface area contributed by atoms with Crippen molar-refractivity contribution in [2.45, 2.75) is 40.3 Å². The first-order valence-electron chi connectivity index (χ1n) is 7.37. The van der Waals surface area contributed by atoms with E-state index in [1.807, 2.05) is 12.1 Å². The second-order valence-electron chi connectivity index (χ2n) is 6.68. The minimum Gasteiger partial charge on any atom is -0.479 e. The fourth-order valence-corrected chi connectivity index (χ4v) is 1.96. The Morgan fingerprint density at radius 1 is 1.32 bits per heavy atom. The number of urea groups is 1. The molecule has 22 heavy (non-hydrogen) atoms. The molecule has 0 aliphatic carbocycles. The highest BCUT2D eigenvalue weighted by Crippen LogP contribution is 2.30. The van der Waals surface area contributed by atoms with Gasteiger partial charge in [-0.2, -0.15) is 0 Å². The van der Waals surface area contributed by atoms with Crippen LogP contribution in [0.3, 0.4) is 0 Å². The van der Waals surface area contributed by atoms with Gasteiger partial charge in [0.1, 0.15) is 5.75 Å². The molecule has 0 fully saturated rings. The molecule has 0 saturated carbocycles. The number of fused-ring (bicyclic) bond motifs is 1. The van der Waals surface area contributed by atoms with E-state index in [4.69, 9.17) is 4.74 Å². The van der Waals surface area contributed by atoms with E-state index in [9.17, 15) is 9.59 Å². The summed E-state index contributed by atoms with van der Waals surface area (Å²) in [6, 6.07) is 5.27. The number of carbonyl (C=O) groups excluding carboxylic acids is 2. The molecule has 2 rings (SSSR count). The average Bonchev–Trinajstić information content (AvgIpc) is 2.43. The highest BCUT2D eigenvalue weighted by Gasteiger charge is 2.23. The molecule has 3 N–H and O–H groups in total. The minimum absolute atomic E-state index is 0.0431. The number of hydrogen-bond acceptors (Lipinski definition) is 3. The number of nitrogens with one attached hydrogen (secondary N) is 3. The number of carbonyl (C=O) groups is 2. The van der Waals surface area contributed by atoms with Crippen molar-refractivity contribution in [3.63, 3.8) is 0 Å². The Hall–Kier alpha value is -2.24. The zero-order valence-corrected chi connectivity index (χ0v) is 13.4. The monoisotopic (exact) mass is 305 g/mol. The highest BCUT2D eigenvalue weighted by atomic mass is 16.5. The van der Waals surface area contributed by atoms with Gasteiger partial charge in [-0.1, -0.05) is 26.8 Å². The third-order valence-corrected chi connectivity index (χ3v) is 3.21. The van der Waals surface area contributed by atoms with Gasteiger partial charge in [0.25, 0.3) is 5.91 Å². The van der Waals surface area contributed by atoms with Gasteiger partial charge in [-0.3, -0.25) is 4.79 Å². The third kappa shape index (κ3) is 4.38. The summed E-state index contributed by atoms with van der Waals surface area (Å²) in [7, 11) is 0. The van der Waals surface area contributed by atoms with Crippen LogP contribution in [0.5, 0.6) is 5.75 Å². The van der Waals surface area contributed by atoms with E-state index in [0.717, 1.165) is 5.56 Å². The average molecular weight is 305 g/mol. The number of benzene rings is 1. The zero-order chi connectivity index (χ0) is 16.3. The maximum absolute atomic E-state index is 11.7. The van der Waals surface area contributed by atoms with Crippen molar-refractivity contribution < 1.29 is 14.3 Å². The first-order valence-corrected chi connectivity index (χ1v) is 7.37. The van der Waals surface area contributed by atoms with Gasteiger partial charge in [-0.05, 0) is 30.0 Å². The maximum atomic E-state index is 11.7. The molecule has 6 heteroatoms. The fraction of sp³-hybridized carbons (Fsp3) is 0.500. The van der Waals surface area contributed by atoms with Crippen LogP contribution in [-0.2, 0) is 11.3 Å². The lowest BCUT2D eigenvalue weighted by molar-refractivity contribution is -0.122. The van der Waals surface area contributed by atoms with Crippen molar-refractivity contribution in [3.05, 3.63) is 23.8 Å². The second kappa shape index (κ2) is 6.25. The van der Waals surface area contributed by atoms with Crippen molar-refractivity contribution >= 4 is 17.6 Å². The SMILES string of the molecule is CC1Oc2ccc(CNC(=O)NCC(C)(C)C)cc2NC1=O. The fourth-order valence-electron chi connectivity index (χ4n) is 1.96. The molecular formula is C16H23N3O3. The van der Waals surface area contributed by atoms with E-state index in [-0.39, 0.29) is 17.4 Å². The van der Waals surface area contributed by atoms with E-state index < -0.39 is 6.10 Å². The van der Waals surface area contributed by atoms with Gasteiger partial charge in [0.15, 0.2) is 6.10 Å². The van der Waals surface area contributed by atoms with Crippen LogP contribution < -0.4 is 20.7 Å². The number of ether oxygens (including phenoxy) is 1. The van der Waals surface area contributed by atoms with E-state index in [2.05, 4.69) is 36.7 Å². The molecule has 0 bridgehead atoms. The Balaban J connectivity index is 1.91. The van der Waals surface area contributed by atoms with Gasteiger partial charge in [0.2, 0.25) is 0 Å². The Morgan fingerprint density at radius 2 is 2.05 bits per heavy atom. The van der Waals surface area contributed by atoms with E-state index in [1.165, 1.54) is 0 Å². The molecule has 1 heterocycles. The predicted octanol–water partition coefficient (Wildman–Crippen LogP) is 2.25. The summed E-state index contributed by atoms with van der Waals surface area (Å²) in [5.41, 5.74) is 1.57.